The van der Waals surface area contributed by atoms with E-state index in [2.05, 4.69) is 15.6 Å². The zero-order valence-corrected chi connectivity index (χ0v) is 18.3. The fourth-order valence-electron chi connectivity index (χ4n) is 3.22. The van der Waals surface area contributed by atoms with Crippen LogP contribution < -0.4 is 19.6 Å². The van der Waals surface area contributed by atoms with Crippen molar-refractivity contribution in [3.63, 3.8) is 0 Å². The molecule has 0 aliphatic heterocycles. The van der Waals surface area contributed by atoms with Crippen molar-refractivity contribution in [1.29, 1.82) is 0 Å². The molecule has 31 heavy (non-hydrogen) atoms. The molecule has 8 nitrogen and oxygen atoms in total. The predicted octanol–water partition coefficient (Wildman–Crippen LogP) is 3.34. The van der Waals surface area contributed by atoms with E-state index in [1.54, 1.807) is 32.4 Å². The normalized spacial score (nSPS) is 10.9. The summed E-state index contributed by atoms with van der Waals surface area (Å²) in [7, 11) is 4.62. The largest absolute Gasteiger partial charge is 0.493 e. The van der Waals surface area contributed by atoms with Gasteiger partial charge in [-0.1, -0.05) is 12.1 Å². The number of nitrogens with zero attached hydrogens (tertiary/aromatic N) is 3. The van der Waals surface area contributed by atoms with E-state index >= 15 is 0 Å². The van der Waals surface area contributed by atoms with Gasteiger partial charge in [0.2, 0.25) is 5.75 Å². The quantitative estimate of drug-likeness (QED) is 0.444. The zero-order chi connectivity index (χ0) is 22.4. The Morgan fingerprint density at radius 1 is 1.06 bits per heavy atom. The first kappa shape index (κ1) is 21.9. The van der Waals surface area contributed by atoms with Crippen molar-refractivity contribution in [3.8, 4) is 17.2 Å². The van der Waals surface area contributed by atoms with Crippen LogP contribution in [-0.2, 0) is 6.54 Å². The number of carbonyl (C=O) groups excluding carboxylic acids is 1. The summed E-state index contributed by atoms with van der Waals surface area (Å²) in [5.41, 5.74) is 6.77. The van der Waals surface area contributed by atoms with E-state index in [1.165, 1.54) is 13.3 Å². The Hall–Kier alpha value is -3.81. The molecule has 1 aromatic heterocycles. The van der Waals surface area contributed by atoms with Gasteiger partial charge in [0.05, 0.1) is 39.8 Å². The maximum absolute atomic E-state index is 12.5. The first-order valence-corrected chi connectivity index (χ1v) is 9.68. The summed E-state index contributed by atoms with van der Waals surface area (Å²) in [4.78, 5) is 12.5. The highest BCUT2D eigenvalue weighted by Crippen LogP contribution is 2.37. The highest BCUT2D eigenvalue weighted by Gasteiger charge is 2.12. The van der Waals surface area contributed by atoms with Gasteiger partial charge >= 0.3 is 0 Å². The van der Waals surface area contributed by atoms with E-state index in [0.29, 0.717) is 34.9 Å². The van der Waals surface area contributed by atoms with Crippen LogP contribution in [0.25, 0.3) is 0 Å². The van der Waals surface area contributed by atoms with E-state index in [9.17, 15) is 4.79 Å². The van der Waals surface area contributed by atoms with Crippen LogP contribution in [0.3, 0.4) is 0 Å². The molecule has 0 aliphatic carbocycles. The summed E-state index contributed by atoms with van der Waals surface area (Å²) < 4.78 is 17.9. The SMILES string of the molecule is COc1cc(C=NNC(=O)c2cccc(Cn3nc(C)cc3C)c2)cc(OC)c1OC. The number of hydrazone groups is 1. The van der Waals surface area contributed by atoms with Crippen LogP contribution in [0.2, 0.25) is 0 Å². The predicted molar refractivity (Wildman–Crippen MR) is 118 cm³/mol. The zero-order valence-electron chi connectivity index (χ0n) is 18.3. The number of rotatable bonds is 8. The number of hydrogen-bond acceptors (Lipinski definition) is 6. The minimum Gasteiger partial charge on any atom is -0.493 e. The summed E-state index contributed by atoms with van der Waals surface area (Å²) in [5, 5.41) is 8.53. The highest BCUT2D eigenvalue weighted by atomic mass is 16.5. The molecular weight excluding hydrogens is 396 g/mol. The maximum atomic E-state index is 12.5. The third kappa shape index (κ3) is 5.22. The molecule has 3 rings (SSSR count). The third-order valence-corrected chi connectivity index (χ3v) is 4.69. The summed E-state index contributed by atoms with van der Waals surface area (Å²) in [6, 6.07) is 12.9. The molecule has 0 saturated heterocycles. The molecule has 1 N–H and O–H groups in total. The van der Waals surface area contributed by atoms with Gasteiger partial charge in [-0.15, -0.1) is 0 Å². The number of nitrogens with one attached hydrogen (secondary N) is 1. The van der Waals surface area contributed by atoms with Gasteiger partial charge in [-0.05, 0) is 49.7 Å². The number of methoxy groups -OCH3 is 3. The fraction of sp³-hybridized carbons (Fsp3) is 0.261. The van der Waals surface area contributed by atoms with E-state index < -0.39 is 0 Å². The van der Waals surface area contributed by atoms with Crippen LogP contribution in [-0.4, -0.2) is 43.2 Å². The minimum absolute atomic E-state index is 0.307. The Labute approximate surface area is 181 Å². The van der Waals surface area contributed by atoms with Crippen LogP contribution in [0.4, 0.5) is 0 Å². The van der Waals surface area contributed by atoms with Crippen LogP contribution in [0.1, 0.15) is 32.9 Å². The Morgan fingerprint density at radius 3 is 2.35 bits per heavy atom. The smallest absolute Gasteiger partial charge is 0.271 e. The van der Waals surface area contributed by atoms with Crippen molar-refractivity contribution in [3.05, 3.63) is 70.5 Å². The van der Waals surface area contributed by atoms with Crippen LogP contribution in [0.15, 0.2) is 47.6 Å². The van der Waals surface area contributed by atoms with E-state index in [0.717, 1.165) is 17.0 Å². The molecule has 162 valence electrons. The molecule has 0 fully saturated rings. The molecule has 1 heterocycles. The average molecular weight is 422 g/mol. The molecule has 8 heteroatoms. The van der Waals surface area contributed by atoms with Gasteiger partial charge in [-0.2, -0.15) is 10.2 Å². The highest BCUT2D eigenvalue weighted by molar-refractivity contribution is 5.95. The number of aromatic nitrogens is 2. The van der Waals surface area contributed by atoms with Crippen molar-refractivity contribution in [2.24, 2.45) is 5.10 Å². The van der Waals surface area contributed by atoms with Crippen LogP contribution >= 0.6 is 0 Å². The maximum Gasteiger partial charge on any atom is 0.271 e. The number of benzene rings is 2. The summed E-state index contributed by atoms with van der Waals surface area (Å²) in [6.45, 7) is 4.56. The number of carbonyl (C=O) groups is 1. The Kier molecular flexibility index (Phi) is 6.92. The summed E-state index contributed by atoms with van der Waals surface area (Å²) >= 11 is 0. The molecule has 0 unspecified atom stereocenters. The van der Waals surface area contributed by atoms with Gasteiger partial charge in [0, 0.05) is 16.8 Å². The van der Waals surface area contributed by atoms with Gasteiger partial charge in [0.25, 0.3) is 5.91 Å². The van der Waals surface area contributed by atoms with E-state index in [1.807, 2.05) is 42.8 Å². The van der Waals surface area contributed by atoms with E-state index in [-0.39, 0.29) is 5.91 Å². The van der Waals surface area contributed by atoms with Crippen molar-refractivity contribution in [1.82, 2.24) is 15.2 Å². The second kappa shape index (κ2) is 9.80. The first-order chi connectivity index (χ1) is 14.9. The topological polar surface area (TPSA) is 87.0 Å². The molecule has 2 aromatic carbocycles. The van der Waals surface area contributed by atoms with E-state index in [4.69, 9.17) is 14.2 Å². The van der Waals surface area contributed by atoms with Gasteiger partial charge < -0.3 is 14.2 Å². The number of hydrogen-bond donors (Lipinski definition) is 1. The molecule has 0 saturated carbocycles. The molecule has 0 atom stereocenters. The lowest BCUT2D eigenvalue weighted by atomic mass is 10.1. The summed E-state index contributed by atoms with van der Waals surface area (Å²) in [5.74, 6) is 1.20. The lowest BCUT2D eigenvalue weighted by Crippen LogP contribution is -2.18. The molecule has 1 amide bonds. The lowest BCUT2D eigenvalue weighted by Gasteiger charge is -2.12. The standard InChI is InChI=1S/C23H26N4O4/c1-15-9-16(2)27(26-15)14-17-7-6-8-19(10-17)23(28)25-24-13-18-11-20(29-3)22(31-5)21(12-18)30-4/h6-13H,14H2,1-5H3,(H,25,28). The Balaban J connectivity index is 1.71. The average Bonchev–Trinajstić information content (AvgIpc) is 3.09. The number of ether oxygens (including phenoxy) is 3. The fourth-order valence-corrected chi connectivity index (χ4v) is 3.22. The van der Waals surface area contributed by atoms with Gasteiger partial charge in [0.1, 0.15) is 0 Å². The minimum atomic E-state index is -0.307. The molecule has 0 spiro atoms. The van der Waals surface area contributed by atoms with Gasteiger partial charge in [0.15, 0.2) is 11.5 Å². The second-order valence-electron chi connectivity index (χ2n) is 6.94. The molecule has 3 aromatic rings. The van der Waals surface area contributed by atoms with Gasteiger partial charge in [-0.3, -0.25) is 9.48 Å². The van der Waals surface area contributed by atoms with Crippen molar-refractivity contribution >= 4 is 12.1 Å². The Morgan fingerprint density at radius 2 is 1.77 bits per heavy atom. The lowest BCUT2D eigenvalue weighted by molar-refractivity contribution is 0.0955. The van der Waals surface area contributed by atoms with Crippen LogP contribution in [0, 0.1) is 13.8 Å². The van der Waals surface area contributed by atoms with Crippen LogP contribution in [0.5, 0.6) is 17.2 Å². The van der Waals surface area contributed by atoms with Crippen molar-refractivity contribution in [2.45, 2.75) is 20.4 Å². The molecule has 0 radical (unpaired) electrons. The molecule has 0 bridgehead atoms. The number of aryl methyl sites for hydroxylation is 2. The molecular formula is C23H26N4O4. The van der Waals surface area contributed by atoms with Gasteiger partial charge in [-0.25, -0.2) is 5.43 Å². The second-order valence-corrected chi connectivity index (χ2v) is 6.94. The monoisotopic (exact) mass is 422 g/mol. The third-order valence-electron chi connectivity index (χ3n) is 4.69. The Bertz CT molecular complexity index is 1080. The number of amides is 1. The first-order valence-electron chi connectivity index (χ1n) is 9.68. The summed E-state index contributed by atoms with van der Waals surface area (Å²) in [6.07, 6.45) is 1.52. The van der Waals surface area contributed by atoms with Crippen molar-refractivity contribution < 1.29 is 19.0 Å². The molecule has 0 aliphatic rings. The van der Waals surface area contributed by atoms with Crippen molar-refractivity contribution in [2.75, 3.05) is 21.3 Å².